The summed E-state index contributed by atoms with van der Waals surface area (Å²) in [6.07, 6.45) is 1.14. The molecule has 2 N–H and O–H groups in total. The van der Waals surface area contributed by atoms with Crippen molar-refractivity contribution >= 4 is 5.91 Å². The summed E-state index contributed by atoms with van der Waals surface area (Å²) in [5.41, 5.74) is 1.81. The van der Waals surface area contributed by atoms with Gasteiger partial charge in [0.05, 0.1) is 17.8 Å². The van der Waals surface area contributed by atoms with E-state index in [-0.39, 0.29) is 35.6 Å². The predicted molar refractivity (Wildman–Crippen MR) is 86.0 cm³/mol. The van der Waals surface area contributed by atoms with E-state index >= 15 is 0 Å². The lowest BCUT2D eigenvalue weighted by atomic mass is 9.75. The van der Waals surface area contributed by atoms with Crippen molar-refractivity contribution in [1.82, 2.24) is 10.5 Å². The second-order valence-electron chi connectivity index (χ2n) is 6.52. The zero-order valence-corrected chi connectivity index (χ0v) is 13.4. The van der Waals surface area contributed by atoms with Crippen LogP contribution in [0.4, 0.5) is 0 Å². The maximum Gasteiger partial charge on any atom is 0.290 e. The molecule has 5 heteroatoms. The Balaban J connectivity index is 1.76. The van der Waals surface area contributed by atoms with E-state index in [1.54, 1.807) is 6.07 Å². The van der Waals surface area contributed by atoms with Crippen molar-refractivity contribution in [3.63, 3.8) is 0 Å². The lowest BCUT2D eigenvalue weighted by Crippen LogP contribution is -2.41. The van der Waals surface area contributed by atoms with E-state index in [4.69, 9.17) is 4.52 Å². The van der Waals surface area contributed by atoms with Gasteiger partial charge in [-0.05, 0) is 30.2 Å². The monoisotopic (exact) mass is 314 g/mol. The lowest BCUT2D eigenvalue weighted by Gasteiger charge is -2.38. The first-order valence-corrected chi connectivity index (χ1v) is 8.05. The summed E-state index contributed by atoms with van der Waals surface area (Å²) in [5.74, 6) is 0.421. The molecule has 1 atom stereocenters. The van der Waals surface area contributed by atoms with Gasteiger partial charge >= 0.3 is 0 Å². The van der Waals surface area contributed by atoms with E-state index in [9.17, 15) is 9.90 Å². The van der Waals surface area contributed by atoms with Crippen molar-refractivity contribution in [2.24, 2.45) is 5.92 Å². The Morgan fingerprint density at radius 2 is 2.00 bits per heavy atom. The van der Waals surface area contributed by atoms with E-state index in [0.29, 0.717) is 12.8 Å². The fourth-order valence-corrected chi connectivity index (χ4v) is 2.92. The molecule has 122 valence electrons. The minimum absolute atomic E-state index is 0.125. The van der Waals surface area contributed by atoms with Gasteiger partial charge < -0.3 is 14.9 Å². The highest BCUT2D eigenvalue weighted by Crippen LogP contribution is 2.38. The number of amides is 1. The number of aliphatic hydroxyl groups excluding tert-OH is 1. The molecule has 1 aliphatic carbocycles. The van der Waals surface area contributed by atoms with Gasteiger partial charge in [-0.25, -0.2) is 0 Å². The summed E-state index contributed by atoms with van der Waals surface area (Å²) in [4.78, 5) is 12.5. The zero-order chi connectivity index (χ0) is 16.4. The molecular formula is C18H22N2O3. The SMILES string of the molecule is CC(C)c1cc(C(=O)NC(c2ccccc2)C2CC(O)C2)on1. The summed E-state index contributed by atoms with van der Waals surface area (Å²) in [6.45, 7) is 4.00. The smallest absolute Gasteiger partial charge is 0.290 e. The second kappa shape index (κ2) is 6.54. The summed E-state index contributed by atoms with van der Waals surface area (Å²) in [7, 11) is 0. The van der Waals surface area contributed by atoms with Gasteiger partial charge in [-0.15, -0.1) is 0 Å². The van der Waals surface area contributed by atoms with E-state index in [0.717, 1.165) is 11.3 Å². The normalized spacial score (nSPS) is 21.7. The van der Waals surface area contributed by atoms with Gasteiger partial charge in [-0.1, -0.05) is 49.3 Å². The molecule has 1 aromatic heterocycles. The molecule has 1 fully saturated rings. The molecule has 1 unspecified atom stereocenters. The molecule has 0 saturated heterocycles. The Hall–Kier alpha value is -2.14. The van der Waals surface area contributed by atoms with Crippen LogP contribution in [0.3, 0.4) is 0 Å². The van der Waals surface area contributed by atoms with Crippen molar-refractivity contribution < 1.29 is 14.4 Å². The highest BCUT2D eigenvalue weighted by Gasteiger charge is 2.36. The molecule has 1 amide bonds. The fourth-order valence-electron chi connectivity index (χ4n) is 2.92. The van der Waals surface area contributed by atoms with Crippen molar-refractivity contribution in [3.05, 3.63) is 53.4 Å². The first kappa shape index (κ1) is 15.7. The number of aromatic nitrogens is 1. The van der Waals surface area contributed by atoms with Crippen molar-refractivity contribution in [3.8, 4) is 0 Å². The van der Waals surface area contributed by atoms with E-state index in [1.165, 1.54) is 0 Å². The maximum atomic E-state index is 12.5. The van der Waals surface area contributed by atoms with E-state index < -0.39 is 0 Å². The molecule has 1 aromatic carbocycles. The van der Waals surface area contributed by atoms with Gasteiger partial charge in [0.1, 0.15) is 0 Å². The molecule has 1 aliphatic rings. The molecule has 1 saturated carbocycles. The van der Waals surface area contributed by atoms with Crippen LogP contribution >= 0.6 is 0 Å². The van der Waals surface area contributed by atoms with Crippen LogP contribution in [0.2, 0.25) is 0 Å². The van der Waals surface area contributed by atoms with Gasteiger partial charge in [-0.2, -0.15) is 0 Å². The van der Waals surface area contributed by atoms with Crippen LogP contribution < -0.4 is 5.32 Å². The van der Waals surface area contributed by atoms with Crippen molar-refractivity contribution in [2.45, 2.75) is 44.8 Å². The Kier molecular flexibility index (Phi) is 4.48. The molecule has 2 aromatic rings. The van der Waals surface area contributed by atoms with Crippen LogP contribution in [0.25, 0.3) is 0 Å². The topological polar surface area (TPSA) is 75.4 Å². The Labute approximate surface area is 135 Å². The number of nitrogens with zero attached hydrogens (tertiary/aromatic N) is 1. The lowest BCUT2D eigenvalue weighted by molar-refractivity contribution is 0.0231. The number of aliphatic hydroxyl groups is 1. The Morgan fingerprint density at radius 3 is 2.57 bits per heavy atom. The number of hydrogen-bond donors (Lipinski definition) is 2. The van der Waals surface area contributed by atoms with Gasteiger partial charge in [-0.3, -0.25) is 4.79 Å². The highest BCUT2D eigenvalue weighted by atomic mass is 16.5. The van der Waals surface area contributed by atoms with Gasteiger partial charge in [0, 0.05) is 6.07 Å². The molecule has 0 radical (unpaired) electrons. The Morgan fingerprint density at radius 1 is 1.30 bits per heavy atom. The minimum atomic E-state index is -0.264. The van der Waals surface area contributed by atoms with Crippen LogP contribution in [-0.4, -0.2) is 22.3 Å². The maximum absolute atomic E-state index is 12.5. The largest absolute Gasteiger partial charge is 0.393 e. The van der Waals surface area contributed by atoms with E-state index in [1.807, 2.05) is 44.2 Å². The average Bonchev–Trinajstić information content (AvgIpc) is 3.01. The van der Waals surface area contributed by atoms with Crippen LogP contribution in [0, 0.1) is 5.92 Å². The van der Waals surface area contributed by atoms with Crippen molar-refractivity contribution in [1.29, 1.82) is 0 Å². The van der Waals surface area contributed by atoms with Crippen LogP contribution in [0.15, 0.2) is 40.9 Å². The van der Waals surface area contributed by atoms with Gasteiger partial charge in [0.15, 0.2) is 0 Å². The summed E-state index contributed by atoms with van der Waals surface area (Å²) in [6, 6.07) is 11.4. The van der Waals surface area contributed by atoms with Crippen LogP contribution in [0.1, 0.15) is 60.5 Å². The summed E-state index contributed by atoms with van der Waals surface area (Å²) in [5, 5.41) is 16.6. The molecule has 3 rings (SSSR count). The number of rotatable bonds is 5. The number of hydrogen-bond acceptors (Lipinski definition) is 4. The molecule has 0 bridgehead atoms. The quantitative estimate of drug-likeness (QED) is 0.889. The standard InChI is InChI=1S/C18H22N2O3/c1-11(2)15-10-16(23-20-15)18(22)19-17(13-8-14(21)9-13)12-6-4-3-5-7-12/h3-7,10-11,13-14,17,21H,8-9H2,1-2H3,(H,19,22). The van der Waals surface area contributed by atoms with Crippen LogP contribution in [-0.2, 0) is 0 Å². The number of carbonyl (C=O) groups excluding carboxylic acids is 1. The number of nitrogens with one attached hydrogen (secondary N) is 1. The third-order valence-electron chi connectivity index (χ3n) is 4.41. The fraction of sp³-hybridized carbons (Fsp3) is 0.444. The first-order chi connectivity index (χ1) is 11.0. The van der Waals surface area contributed by atoms with Crippen LogP contribution in [0.5, 0.6) is 0 Å². The Bertz CT molecular complexity index is 660. The molecule has 0 spiro atoms. The highest BCUT2D eigenvalue weighted by molar-refractivity contribution is 5.91. The number of carbonyl (C=O) groups is 1. The molecule has 1 heterocycles. The molecule has 23 heavy (non-hydrogen) atoms. The summed E-state index contributed by atoms with van der Waals surface area (Å²) < 4.78 is 5.17. The average molecular weight is 314 g/mol. The first-order valence-electron chi connectivity index (χ1n) is 8.05. The van der Waals surface area contributed by atoms with Crippen molar-refractivity contribution in [2.75, 3.05) is 0 Å². The van der Waals surface area contributed by atoms with E-state index in [2.05, 4.69) is 10.5 Å². The zero-order valence-electron chi connectivity index (χ0n) is 13.4. The number of benzene rings is 1. The third kappa shape index (κ3) is 3.45. The second-order valence-corrected chi connectivity index (χ2v) is 6.52. The predicted octanol–water partition coefficient (Wildman–Crippen LogP) is 3.04. The third-order valence-corrected chi connectivity index (χ3v) is 4.41. The van der Waals surface area contributed by atoms with Gasteiger partial charge in [0.25, 0.3) is 5.91 Å². The van der Waals surface area contributed by atoms with Gasteiger partial charge in [0.2, 0.25) is 5.76 Å². The summed E-state index contributed by atoms with van der Waals surface area (Å²) >= 11 is 0. The minimum Gasteiger partial charge on any atom is -0.393 e. The molecule has 5 nitrogen and oxygen atoms in total. The molecular weight excluding hydrogens is 292 g/mol. The molecule has 0 aliphatic heterocycles.